The lowest BCUT2D eigenvalue weighted by Crippen LogP contribution is -2.26. The molecule has 0 heterocycles. The van der Waals surface area contributed by atoms with Crippen LogP contribution in [0.15, 0.2) is 42.5 Å². The van der Waals surface area contributed by atoms with Crippen LogP contribution in [0.1, 0.15) is 28.4 Å². The molecule has 0 bridgehead atoms. The Balaban J connectivity index is 2.25. The van der Waals surface area contributed by atoms with E-state index in [0.717, 1.165) is 17.7 Å². The van der Waals surface area contributed by atoms with Gasteiger partial charge in [-0.15, -0.1) is 0 Å². The lowest BCUT2D eigenvalue weighted by Gasteiger charge is -2.14. The van der Waals surface area contributed by atoms with Gasteiger partial charge in [-0.1, -0.05) is 17.7 Å². The van der Waals surface area contributed by atoms with E-state index in [-0.39, 0.29) is 17.8 Å². The zero-order valence-corrected chi connectivity index (χ0v) is 14.2. The van der Waals surface area contributed by atoms with Gasteiger partial charge < -0.3 is 16.0 Å². The molecular weight excluding hydrogens is 347 g/mol. The molecule has 0 spiro atoms. The third-order valence-corrected chi connectivity index (χ3v) is 3.49. The molecule has 8 heteroatoms. The molecule has 26 heavy (non-hydrogen) atoms. The monoisotopic (exact) mass is 365 g/mol. The van der Waals surface area contributed by atoms with Crippen LogP contribution in [0.2, 0.25) is 0 Å². The van der Waals surface area contributed by atoms with Gasteiger partial charge in [0.25, 0.3) is 5.91 Å². The Hall–Kier alpha value is -3.03. The average molecular weight is 365 g/mol. The van der Waals surface area contributed by atoms with E-state index >= 15 is 0 Å². The van der Waals surface area contributed by atoms with Crippen molar-refractivity contribution in [1.82, 2.24) is 5.32 Å². The lowest BCUT2D eigenvalue weighted by atomic mass is 10.1. The molecule has 2 aromatic rings. The van der Waals surface area contributed by atoms with Crippen LogP contribution >= 0.6 is 0 Å². The number of alkyl halides is 3. The zero-order valence-electron chi connectivity index (χ0n) is 14.2. The Bertz CT molecular complexity index is 802. The fourth-order valence-electron chi connectivity index (χ4n) is 2.19. The summed E-state index contributed by atoms with van der Waals surface area (Å²) in [5, 5.41) is 7.40. The summed E-state index contributed by atoms with van der Waals surface area (Å²) in [6, 6.07) is 8.89. The number of halogens is 3. The normalized spacial score (nSPS) is 11.0. The second-order valence-electron chi connectivity index (χ2n) is 5.56. The fraction of sp³-hybridized carbons (Fsp3) is 0.222. The Kier molecular flexibility index (Phi) is 5.86. The number of aryl methyl sites for hydroxylation is 1. The molecule has 5 nitrogen and oxygen atoms in total. The standard InChI is InChI=1S/C18H18F3N3O2/c1-3-22-16(25)14-10-12(18(19,20)21)6-9-15(14)24-17(26)23-13-7-4-11(2)5-8-13/h4-10H,3H2,1-2H3,(H,22,25)(H2,23,24,26). The molecule has 0 saturated heterocycles. The molecule has 0 aliphatic carbocycles. The predicted octanol–water partition coefficient (Wildman–Crippen LogP) is 4.41. The molecule has 0 aromatic heterocycles. The molecule has 0 unspecified atom stereocenters. The molecule has 2 rings (SSSR count). The molecule has 0 saturated carbocycles. The molecule has 0 radical (unpaired) electrons. The summed E-state index contributed by atoms with van der Waals surface area (Å²) in [5.74, 6) is -0.704. The van der Waals surface area contributed by atoms with Crippen molar-refractivity contribution < 1.29 is 22.8 Å². The van der Waals surface area contributed by atoms with Crippen molar-refractivity contribution in [2.24, 2.45) is 0 Å². The maximum Gasteiger partial charge on any atom is 0.416 e. The maximum absolute atomic E-state index is 12.9. The molecule has 2 aromatic carbocycles. The highest BCUT2D eigenvalue weighted by Gasteiger charge is 2.32. The number of benzene rings is 2. The van der Waals surface area contributed by atoms with E-state index in [2.05, 4.69) is 16.0 Å². The molecule has 138 valence electrons. The summed E-state index contributed by atoms with van der Waals surface area (Å²) < 4.78 is 38.7. The number of nitrogens with one attached hydrogen (secondary N) is 3. The highest BCUT2D eigenvalue weighted by molar-refractivity contribution is 6.06. The first kappa shape index (κ1) is 19.3. The summed E-state index contributed by atoms with van der Waals surface area (Å²) in [4.78, 5) is 24.2. The Morgan fingerprint density at radius 3 is 2.23 bits per heavy atom. The van der Waals surface area contributed by atoms with Gasteiger partial charge in [-0.3, -0.25) is 4.79 Å². The number of urea groups is 1. The first-order chi connectivity index (χ1) is 12.2. The van der Waals surface area contributed by atoms with Crippen molar-refractivity contribution in [2.75, 3.05) is 17.2 Å². The van der Waals surface area contributed by atoms with E-state index in [0.29, 0.717) is 11.8 Å². The van der Waals surface area contributed by atoms with E-state index < -0.39 is 23.7 Å². The van der Waals surface area contributed by atoms with Crippen molar-refractivity contribution in [3.05, 3.63) is 59.2 Å². The van der Waals surface area contributed by atoms with Gasteiger partial charge in [0, 0.05) is 12.2 Å². The Labute approximate surface area is 148 Å². The minimum absolute atomic E-state index is 0.0199. The van der Waals surface area contributed by atoms with E-state index in [9.17, 15) is 22.8 Å². The second kappa shape index (κ2) is 7.90. The first-order valence-electron chi connectivity index (χ1n) is 7.85. The van der Waals surface area contributed by atoms with Gasteiger partial charge in [-0.2, -0.15) is 13.2 Å². The smallest absolute Gasteiger partial charge is 0.352 e. The highest BCUT2D eigenvalue weighted by atomic mass is 19.4. The predicted molar refractivity (Wildman–Crippen MR) is 93.3 cm³/mol. The van der Waals surface area contributed by atoms with Crippen LogP contribution in [0.3, 0.4) is 0 Å². The van der Waals surface area contributed by atoms with E-state index in [1.165, 1.54) is 0 Å². The van der Waals surface area contributed by atoms with Gasteiger partial charge in [-0.25, -0.2) is 4.79 Å². The van der Waals surface area contributed by atoms with Gasteiger partial charge in [-0.05, 0) is 44.2 Å². The van der Waals surface area contributed by atoms with Gasteiger partial charge >= 0.3 is 12.2 Å². The van der Waals surface area contributed by atoms with Gasteiger partial charge in [0.2, 0.25) is 0 Å². The maximum atomic E-state index is 12.9. The zero-order chi connectivity index (χ0) is 19.3. The average Bonchev–Trinajstić information content (AvgIpc) is 2.56. The van der Waals surface area contributed by atoms with E-state index in [1.807, 2.05) is 6.92 Å². The quantitative estimate of drug-likeness (QED) is 0.751. The minimum atomic E-state index is -4.59. The van der Waals surface area contributed by atoms with Crippen LogP contribution < -0.4 is 16.0 Å². The molecule has 0 fully saturated rings. The number of anilines is 2. The molecule has 0 atom stereocenters. The van der Waals surface area contributed by atoms with Crippen LogP contribution in [-0.4, -0.2) is 18.5 Å². The van der Waals surface area contributed by atoms with Gasteiger partial charge in [0.15, 0.2) is 0 Å². The second-order valence-corrected chi connectivity index (χ2v) is 5.56. The van der Waals surface area contributed by atoms with Crippen molar-refractivity contribution >= 4 is 23.3 Å². The highest BCUT2D eigenvalue weighted by Crippen LogP contribution is 2.32. The summed E-state index contributed by atoms with van der Waals surface area (Å²) in [7, 11) is 0. The molecule has 3 amide bonds. The molecule has 0 aliphatic heterocycles. The van der Waals surface area contributed by atoms with Crippen molar-refractivity contribution in [1.29, 1.82) is 0 Å². The summed E-state index contributed by atoms with van der Waals surface area (Å²) in [6.07, 6.45) is -4.59. The molecule has 0 aliphatic rings. The van der Waals surface area contributed by atoms with Crippen LogP contribution in [-0.2, 0) is 6.18 Å². The van der Waals surface area contributed by atoms with Crippen molar-refractivity contribution in [3.63, 3.8) is 0 Å². The van der Waals surface area contributed by atoms with E-state index in [1.54, 1.807) is 31.2 Å². The van der Waals surface area contributed by atoms with E-state index in [4.69, 9.17) is 0 Å². The Morgan fingerprint density at radius 1 is 1.00 bits per heavy atom. The molecular formula is C18H18F3N3O2. The third kappa shape index (κ3) is 4.98. The van der Waals surface area contributed by atoms with Crippen molar-refractivity contribution in [3.8, 4) is 0 Å². The number of amides is 3. The topological polar surface area (TPSA) is 70.2 Å². The SMILES string of the molecule is CCNC(=O)c1cc(C(F)(F)F)ccc1NC(=O)Nc1ccc(C)cc1. The lowest BCUT2D eigenvalue weighted by molar-refractivity contribution is -0.137. The summed E-state index contributed by atoms with van der Waals surface area (Å²) in [5.41, 5.74) is 0.273. The number of carbonyl (C=O) groups is 2. The first-order valence-corrected chi connectivity index (χ1v) is 7.85. The van der Waals surface area contributed by atoms with Crippen molar-refractivity contribution in [2.45, 2.75) is 20.0 Å². The van der Waals surface area contributed by atoms with Crippen LogP contribution in [0.4, 0.5) is 29.3 Å². The summed E-state index contributed by atoms with van der Waals surface area (Å²) >= 11 is 0. The number of rotatable bonds is 4. The largest absolute Gasteiger partial charge is 0.416 e. The Morgan fingerprint density at radius 2 is 1.65 bits per heavy atom. The number of hydrogen-bond donors (Lipinski definition) is 3. The van der Waals surface area contributed by atoms with Crippen LogP contribution in [0, 0.1) is 6.92 Å². The number of hydrogen-bond acceptors (Lipinski definition) is 2. The third-order valence-electron chi connectivity index (χ3n) is 3.49. The van der Waals surface area contributed by atoms with Gasteiger partial charge in [0.05, 0.1) is 16.8 Å². The summed E-state index contributed by atoms with van der Waals surface area (Å²) in [6.45, 7) is 3.78. The van der Waals surface area contributed by atoms with Crippen LogP contribution in [0.25, 0.3) is 0 Å². The van der Waals surface area contributed by atoms with Crippen LogP contribution in [0.5, 0.6) is 0 Å². The fourth-order valence-corrected chi connectivity index (χ4v) is 2.19. The minimum Gasteiger partial charge on any atom is -0.352 e. The number of carbonyl (C=O) groups excluding carboxylic acids is 2. The molecule has 3 N–H and O–H groups in total. The van der Waals surface area contributed by atoms with Gasteiger partial charge in [0.1, 0.15) is 0 Å².